The zero-order valence-corrected chi connectivity index (χ0v) is 30.3. The number of carboxylic acid groups (broad SMARTS) is 3. The molecule has 12 heteroatoms. The summed E-state index contributed by atoms with van der Waals surface area (Å²) in [7, 11) is 0. The quantitative estimate of drug-likeness (QED) is 0.111. The second-order valence-corrected chi connectivity index (χ2v) is 13.8. The Morgan fingerprint density at radius 2 is 1.35 bits per heavy atom. The van der Waals surface area contributed by atoms with E-state index in [0.29, 0.717) is 6.04 Å². The van der Waals surface area contributed by atoms with E-state index in [1.807, 2.05) is 13.0 Å². The number of aryl methyl sites for hydroxylation is 2. The molecule has 1 unspecified atom stereocenters. The molecule has 1 heterocycles. The summed E-state index contributed by atoms with van der Waals surface area (Å²) in [4.78, 5) is 60.8. The SMILES string of the molecule is CCCCCC(C)N(C(=O)O)c1ccc2c(c1)[C@]1(C)CCN[C@@H]1C2.Cc1ccc(C(=O)O[C@@H](C(=O)O)[C@@H](OC(=O)c2ccc(C)cc2)C(=O)O)cc1. The van der Waals surface area contributed by atoms with Gasteiger partial charge in [-0.2, -0.15) is 0 Å². The molecule has 2 aliphatic rings. The Morgan fingerprint density at radius 3 is 1.81 bits per heavy atom. The molecule has 1 aliphatic carbocycles. The second-order valence-electron chi connectivity index (χ2n) is 13.8. The largest absolute Gasteiger partial charge is 0.478 e. The third kappa shape index (κ3) is 9.35. The normalized spacial score (nSPS) is 18.8. The number of aliphatic carboxylic acids is 2. The zero-order valence-electron chi connectivity index (χ0n) is 30.3. The number of rotatable bonds is 13. The lowest BCUT2D eigenvalue weighted by Crippen LogP contribution is -2.45. The molecule has 1 amide bonds. The topological polar surface area (TPSA) is 180 Å². The fourth-order valence-corrected chi connectivity index (χ4v) is 6.77. The number of amides is 1. The number of carbonyl (C=O) groups excluding carboxylic acids is 2. The number of hydrogen-bond acceptors (Lipinski definition) is 8. The summed E-state index contributed by atoms with van der Waals surface area (Å²) in [6.07, 6.45) is 1.22. The highest BCUT2D eigenvalue weighted by Gasteiger charge is 2.46. The van der Waals surface area contributed by atoms with Crippen LogP contribution in [0, 0.1) is 13.8 Å². The monoisotopic (exact) mass is 716 g/mol. The molecule has 0 spiro atoms. The Bertz CT molecular complexity index is 1680. The van der Waals surface area contributed by atoms with Gasteiger partial charge in [-0.1, -0.05) is 74.6 Å². The van der Waals surface area contributed by atoms with Crippen LogP contribution in [0.2, 0.25) is 0 Å². The van der Waals surface area contributed by atoms with Crippen LogP contribution in [0.25, 0.3) is 0 Å². The van der Waals surface area contributed by atoms with E-state index >= 15 is 0 Å². The molecule has 3 aromatic carbocycles. The average Bonchev–Trinajstić information content (AvgIpc) is 3.60. The van der Waals surface area contributed by atoms with Gasteiger partial charge in [-0.25, -0.2) is 24.0 Å². The highest BCUT2D eigenvalue weighted by molar-refractivity contribution is 5.95. The molecule has 3 aromatic rings. The Hall–Kier alpha value is -5.23. The molecular formula is C40H48N2O10. The van der Waals surface area contributed by atoms with Crippen LogP contribution in [0.5, 0.6) is 0 Å². The number of carboxylic acids is 2. The Morgan fingerprint density at radius 1 is 0.827 bits per heavy atom. The van der Waals surface area contributed by atoms with Gasteiger partial charge in [0.25, 0.3) is 0 Å². The third-order valence-electron chi connectivity index (χ3n) is 9.89. The first-order chi connectivity index (χ1) is 24.7. The summed E-state index contributed by atoms with van der Waals surface area (Å²) in [5.41, 5.74) is 5.50. The summed E-state index contributed by atoms with van der Waals surface area (Å²) in [6, 6.07) is 18.9. The van der Waals surface area contributed by atoms with Crippen LogP contribution in [-0.4, -0.2) is 76.1 Å². The number of ether oxygens (including phenoxy) is 2. The van der Waals surface area contributed by atoms with E-state index in [-0.39, 0.29) is 22.6 Å². The Balaban J connectivity index is 0.000000235. The van der Waals surface area contributed by atoms with Gasteiger partial charge >= 0.3 is 30.0 Å². The van der Waals surface area contributed by atoms with Crippen molar-refractivity contribution in [1.82, 2.24) is 5.32 Å². The minimum Gasteiger partial charge on any atom is -0.478 e. The van der Waals surface area contributed by atoms with Gasteiger partial charge in [0.2, 0.25) is 12.2 Å². The van der Waals surface area contributed by atoms with Gasteiger partial charge in [-0.05, 0) is 94.1 Å². The van der Waals surface area contributed by atoms with Crippen molar-refractivity contribution in [2.75, 3.05) is 11.4 Å². The van der Waals surface area contributed by atoms with Crippen molar-refractivity contribution in [1.29, 1.82) is 0 Å². The zero-order chi connectivity index (χ0) is 38.2. The van der Waals surface area contributed by atoms with E-state index < -0.39 is 42.2 Å². The molecule has 278 valence electrons. The Labute approximate surface area is 303 Å². The van der Waals surface area contributed by atoms with Crippen LogP contribution >= 0.6 is 0 Å². The standard InChI is InChI=1S/C20H30N2O2.C20H18O8/c1-4-5-6-7-14(2)22(19(23)24)16-9-8-15-12-18-20(3,10-11-21-18)17(15)13-16;1-11-3-7-13(8-4-11)19(25)27-15(17(21)22)16(18(23)24)28-20(26)14-9-5-12(2)6-10-14/h8-9,13-14,18,21H,4-7,10-12H2,1-3H3,(H,23,24);3-10,15-16H,1-2H3,(H,21,22)(H,23,24)/t14?,18-,20+;15-,16-/m11/s1. The molecule has 0 radical (unpaired) electrons. The molecule has 1 saturated heterocycles. The van der Waals surface area contributed by atoms with E-state index in [2.05, 4.69) is 31.3 Å². The van der Waals surface area contributed by atoms with Crippen molar-refractivity contribution < 1.29 is 48.8 Å². The first kappa shape index (κ1) is 39.6. The van der Waals surface area contributed by atoms with Gasteiger partial charge in [-0.3, -0.25) is 4.90 Å². The fraction of sp³-hybridized carbons (Fsp3) is 0.425. The van der Waals surface area contributed by atoms with Crippen LogP contribution in [-0.2, 0) is 30.9 Å². The highest BCUT2D eigenvalue weighted by Crippen LogP contribution is 2.45. The molecule has 0 saturated carbocycles. The lowest BCUT2D eigenvalue weighted by atomic mass is 9.80. The first-order valence-electron chi connectivity index (χ1n) is 17.6. The van der Waals surface area contributed by atoms with E-state index in [1.54, 1.807) is 43.0 Å². The van der Waals surface area contributed by atoms with Crippen LogP contribution in [0.3, 0.4) is 0 Å². The van der Waals surface area contributed by atoms with Gasteiger partial charge in [0.05, 0.1) is 11.1 Å². The van der Waals surface area contributed by atoms with Crippen molar-refractivity contribution in [2.24, 2.45) is 0 Å². The number of hydrogen-bond donors (Lipinski definition) is 4. The van der Waals surface area contributed by atoms with Crippen LogP contribution < -0.4 is 10.2 Å². The number of fused-ring (bicyclic) bond motifs is 3. The third-order valence-corrected chi connectivity index (χ3v) is 9.89. The molecule has 12 nitrogen and oxygen atoms in total. The van der Waals surface area contributed by atoms with Crippen molar-refractivity contribution in [3.8, 4) is 0 Å². The average molecular weight is 717 g/mol. The van der Waals surface area contributed by atoms with Crippen molar-refractivity contribution >= 4 is 35.7 Å². The molecule has 5 rings (SSSR count). The van der Waals surface area contributed by atoms with Crippen molar-refractivity contribution in [3.05, 3.63) is 100 Å². The van der Waals surface area contributed by atoms with E-state index in [0.717, 1.165) is 61.9 Å². The molecule has 0 bridgehead atoms. The molecule has 1 fully saturated rings. The van der Waals surface area contributed by atoms with Gasteiger partial charge in [0.1, 0.15) is 0 Å². The van der Waals surface area contributed by atoms with Gasteiger partial charge in [0.15, 0.2) is 0 Å². The molecule has 0 aromatic heterocycles. The van der Waals surface area contributed by atoms with Crippen molar-refractivity contribution in [3.63, 3.8) is 0 Å². The first-order valence-corrected chi connectivity index (χ1v) is 17.6. The lowest BCUT2D eigenvalue weighted by molar-refractivity contribution is -0.166. The summed E-state index contributed by atoms with van der Waals surface area (Å²) in [5.74, 6) is -5.62. The number of anilines is 1. The lowest BCUT2D eigenvalue weighted by Gasteiger charge is -2.29. The van der Waals surface area contributed by atoms with Crippen molar-refractivity contribution in [2.45, 2.75) is 103 Å². The minimum absolute atomic E-state index is 0.0128. The predicted octanol–water partition coefficient (Wildman–Crippen LogP) is 6.54. The predicted molar refractivity (Wildman–Crippen MR) is 194 cm³/mol. The van der Waals surface area contributed by atoms with Gasteiger partial charge in [-0.15, -0.1) is 0 Å². The maximum Gasteiger partial charge on any atom is 0.412 e. The summed E-state index contributed by atoms with van der Waals surface area (Å²) < 4.78 is 9.64. The molecule has 1 aliphatic heterocycles. The second kappa shape index (κ2) is 17.3. The van der Waals surface area contributed by atoms with E-state index in [1.165, 1.54) is 35.4 Å². The smallest absolute Gasteiger partial charge is 0.412 e. The fourth-order valence-electron chi connectivity index (χ4n) is 6.77. The van der Waals surface area contributed by atoms with E-state index in [4.69, 9.17) is 9.47 Å². The van der Waals surface area contributed by atoms with Crippen LogP contribution in [0.1, 0.15) is 95.8 Å². The summed E-state index contributed by atoms with van der Waals surface area (Å²) in [5, 5.41) is 32.0. The minimum atomic E-state index is -2.22. The van der Waals surface area contributed by atoms with Crippen LogP contribution in [0.4, 0.5) is 10.5 Å². The number of carbonyl (C=O) groups is 5. The number of esters is 2. The number of nitrogens with zero attached hydrogens (tertiary/aromatic N) is 1. The number of unbranched alkanes of at least 4 members (excludes halogenated alkanes) is 2. The molecule has 52 heavy (non-hydrogen) atoms. The van der Waals surface area contributed by atoms with Gasteiger partial charge in [0, 0.05) is 23.2 Å². The summed E-state index contributed by atoms with van der Waals surface area (Å²) in [6.45, 7) is 11.2. The van der Waals surface area contributed by atoms with E-state index in [9.17, 15) is 39.3 Å². The van der Waals surface area contributed by atoms with Gasteiger partial charge < -0.3 is 30.1 Å². The maximum absolute atomic E-state index is 12.2. The number of benzene rings is 3. The highest BCUT2D eigenvalue weighted by atomic mass is 16.6. The van der Waals surface area contributed by atoms with Crippen LogP contribution in [0.15, 0.2) is 66.7 Å². The molecule has 5 atom stereocenters. The number of nitrogens with one attached hydrogen (secondary N) is 1. The summed E-state index contributed by atoms with van der Waals surface area (Å²) >= 11 is 0. The Kier molecular flexibility index (Phi) is 13.2. The maximum atomic E-state index is 12.2. The molecule has 4 N–H and O–H groups in total. The molecular weight excluding hydrogens is 668 g/mol.